The molecule has 5 nitrogen and oxygen atoms in total. The summed E-state index contributed by atoms with van der Waals surface area (Å²) in [5.41, 5.74) is 2.18. The van der Waals surface area contributed by atoms with Crippen LogP contribution in [0, 0.1) is 0 Å². The fraction of sp³-hybridized carbons (Fsp3) is 0.0769. The Morgan fingerprint density at radius 2 is 1.32 bits per heavy atom. The molecule has 4 aromatic rings. The van der Waals surface area contributed by atoms with Crippen molar-refractivity contribution in [3.8, 4) is 5.75 Å². The van der Waals surface area contributed by atoms with E-state index in [0.717, 1.165) is 16.3 Å². The van der Waals surface area contributed by atoms with Crippen LogP contribution >= 0.6 is 0 Å². The van der Waals surface area contributed by atoms with E-state index in [-0.39, 0.29) is 24.8 Å². The van der Waals surface area contributed by atoms with E-state index in [1.165, 1.54) is 0 Å². The first-order valence-corrected chi connectivity index (χ1v) is 10.0. The highest BCUT2D eigenvalue weighted by Crippen LogP contribution is 2.20. The van der Waals surface area contributed by atoms with Gasteiger partial charge >= 0.3 is 0 Å². The molecule has 2 N–H and O–H groups in total. The maximum Gasteiger partial charge on any atom is 0.262 e. The summed E-state index contributed by atoms with van der Waals surface area (Å²) in [6, 6.07) is 30.2. The lowest BCUT2D eigenvalue weighted by molar-refractivity contribution is -0.118. The highest BCUT2D eigenvalue weighted by molar-refractivity contribution is 5.97. The van der Waals surface area contributed by atoms with E-state index in [4.69, 9.17) is 4.74 Å². The van der Waals surface area contributed by atoms with Crippen molar-refractivity contribution in [2.24, 2.45) is 0 Å². The van der Waals surface area contributed by atoms with Crippen molar-refractivity contribution in [3.63, 3.8) is 0 Å². The van der Waals surface area contributed by atoms with Crippen LogP contribution in [-0.2, 0) is 16.0 Å². The zero-order valence-corrected chi connectivity index (χ0v) is 16.9. The van der Waals surface area contributed by atoms with Gasteiger partial charge in [-0.05, 0) is 46.7 Å². The molecule has 0 aromatic heterocycles. The molecule has 0 fully saturated rings. The number of fused-ring (bicyclic) bond motifs is 1. The first kappa shape index (κ1) is 20.2. The summed E-state index contributed by atoms with van der Waals surface area (Å²) >= 11 is 0. The number of hydrogen-bond donors (Lipinski definition) is 2. The zero-order valence-electron chi connectivity index (χ0n) is 16.9. The van der Waals surface area contributed by atoms with Crippen LogP contribution in [0.5, 0.6) is 5.75 Å². The van der Waals surface area contributed by atoms with Gasteiger partial charge in [-0.15, -0.1) is 0 Å². The Morgan fingerprint density at radius 1 is 0.677 bits per heavy atom. The van der Waals surface area contributed by atoms with E-state index in [2.05, 4.69) is 10.6 Å². The minimum atomic E-state index is -0.275. The summed E-state index contributed by atoms with van der Waals surface area (Å²) in [7, 11) is 0. The molecule has 4 rings (SSSR count). The van der Waals surface area contributed by atoms with Crippen molar-refractivity contribution in [3.05, 3.63) is 103 Å². The van der Waals surface area contributed by atoms with Crippen LogP contribution < -0.4 is 15.4 Å². The predicted molar refractivity (Wildman–Crippen MR) is 123 cm³/mol. The highest BCUT2D eigenvalue weighted by atomic mass is 16.5. The van der Waals surface area contributed by atoms with E-state index >= 15 is 0 Å². The Balaban J connectivity index is 1.35. The molecule has 0 heterocycles. The molecule has 4 aromatic carbocycles. The Hall–Kier alpha value is -4.12. The Bertz CT molecular complexity index is 1200. The Morgan fingerprint density at radius 3 is 2.13 bits per heavy atom. The molecule has 0 saturated carbocycles. The van der Waals surface area contributed by atoms with Crippen molar-refractivity contribution < 1.29 is 14.3 Å². The highest BCUT2D eigenvalue weighted by Gasteiger charge is 2.09. The minimum absolute atomic E-state index is 0.0956. The molecule has 0 unspecified atom stereocenters. The third-order valence-electron chi connectivity index (χ3n) is 4.77. The molecule has 0 aliphatic carbocycles. The number of para-hydroxylation sites is 1. The largest absolute Gasteiger partial charge is 0.484 e. The van der Waals surface area contributed by atoms with Crippen LogP contribution in [0.25, 0.3) is 10.8 Å². The SMILES string of the molecule is O=C(COc1ccccc1)Nc1cccc(NC(=O)Cc2cccc3ccccc23)c1. The third-order valence-corrected chi connectivity index (χ3v) is 4.77. The monoisotopic (exact) mass is 410 g/mol. The average Bonchev–Trinajstić information content (AvgIpc) is 2.79. The number of anilines is 2. The molecule has 2 amide bonds. The standard InChI is InChI=1S/C26H22N2O3/c29-25(16-20-10-6-9-19-8-4-5-15-24(19)20)27-21-11-7-12-22(17-21)28-26(30)18-31-23-13-2-1-3-14-23/h1-15,17H,16,18H2,(H,27,29)(H,28,30). The summed E-state index contributed by atoms with van der Waals surface area (Å²) in [4.78, 5) is 24.8. The molecular formula is C26H22N2O3. The van der Waals surface area contributed by atoms with Gasteiger partial charge in [0.1, 0.15) is 5.75 Å². The van der Waals surface area contributed by atoms with Crippen molar-refractivity contribution >= 4 is 34.0 Å². The second-order valence-electron chi connectivity index (χ2n) is 7.09. The van der Waals surface area contributed by atoms with Crippen LogP contribution in [0.4, 0.5) is 11.4 Å². The van der Waals surface area contributed by atoms with Gasteiger partial charge in [0.15, 0.2) is 6.61 Å². The minimum Gasteiger partial charge on any atom is -0.484 e. The second kappa shape index (κ2) is 9.59. The number of carbonyl (C=O) groups is 2. The van der Waals surface area contributed by atoms with Crippen molar-refractivity contribution in [1.82, 2.24) is 0 Å². The second-order valence-corrected chi connectivity index (χ2v) is 7.09. The zero-order chi connectivity index (χ0) is 21.5. The molecule has 0 spiro atoms. The third kappa shape index (κ3) is 5.48. The van der Waals surface area contributed by atoms with Gasteiger partial charge in [0.2, 0.25) is 5.91 Å². The van der Waals surface area contributed by atoms with Crippen molar-refractivity contribution in [1.29, 1.82) is 0 Å². The average molecular weight is 410 g/mol. The lowest BCUT2D eigenvalue weighted by Crippen LogP contribution is -2.20. The van der Waals surface area contributed by atoms with E-state index in [1.807, 2.05) is 60.7 Å². The molecule has 0 saturated heterocycles. The molecule has 154 valence electrons. The van der Waals surface area contributed by atoms with Crippen LogP contribution in [0.1, 0.15) is 5.56 Å². The maximum absolute atomic E-state index is 12.6. The molecule has 5 heteroatoms. The maximum atomic E-state index is 12.6. The van der Waals surface area contributed by atoms with Gasteiger partial charge in [-0.25, -0.2) is 0 Å². The van der Waals surface area contributed by atoms with E-state index in [9.17, 15) is 9.59 Å². The van der Waals surface area contributed by atoms with Crippen LogP contribution in [0.2, 0.25) is 0 Å². The molecule has 0 bridgehead atoms. The molecule has 0 aliphatic heterocycles. The van der Waals surface area contributed by atoms with Gasteiger partial charge in [0.25, 0.3) is 5.91 Å². The van der Waals surface area contributed by atoms with Crippen LogP contribution in [0.15, 0.2) is 97.1 Å². The summed E-state index contributed by atoms with van der Waals surface area (Å²) in [5, 5.41) is 7.87. The van der Waals surface area contributed by atoms with Gasteiger partial charge in [-0.1, -0.05) is 66.7 Å². The lowest BCUT2D eigenvalue weighted by atomic mass is 10.0. The molecule has 0 aliphatic rings. The van der Waals surface area contributed by atoms with Crippen molar-refractivity contribution in [2.75, 3.05) is 17.2 Å². The molecule has 0 atom stereocenters. The number of hydrogen-bond acceptors (Lipinski definition) is 3. The Kier molecular flexibility index (Phi) is 6.24. The first-order chi connectivity index (χ1) is 15.2. The van der Waals surface area contributed by atoms with Gasteiger partial charge in [-0.3, -0.25) is 9.59 Å². The number of rotatable bonds is 7. The first-order valence-electron chi connectivity index (χ1n) is 10.0. The smallest absolute Gasteiger partial charge is 0.262 e. The Labute approximate surface area is 180 Å². The molecule has 0 radical (unpaired) electrons. The van der Waals surface area contributed by atoms with Crippen LogP contribution in [-0.4, -0.2) is 18.4 Å². The molecule has 31 heavy (non-hydrogen) atoms. The number of benzene rings is 4. The van der Waals surface area contributed by atoms with E-state index < -0.39 is 0 Å². The van der Waals surface area contributed by atoms with Gasteiger partial charge in [-0.2, -0.15) is 0 Å². The summed E-state index contributed by atoms with van der Waals surface area (Å²) in [6.07, 6.45) is 0.267. The fourth-order valence-electron chi connectivity index (χ4n) is 3.36. The number of nitrogens with one attached hydrogen (secondary N) is 2. The fourth-order valence-corrected chi connectivity index (χ4v) is 3.36. The summed E-state index contributed by atoms with van der Waals surface area (Å²) < 4.78 is 5.45. The summed E-state index contributed by atoms with van der Waals surface area (Å²) in [6.45, 7) is -0.0956. The number of amides is 2. The van der Waals surface area contributed by atoms with Gasteiger partial charge in [0.05, 0.1) is 6.42 Å². The van der Waals surface area contributed by atoms with Gasteiger partial charge in [0, 0.05) is 11.4 Å². The summed E-state index contributed by atoms with van der Waals surface area (Å²) in [5.74, 6) is 0.238. The van der Waals surface area contributed by atoms with E-state index in [1.54, 1.807) is 36.4 Å². The quantitative estimate of drug-likeness (QED) is 0.449. The number of ether oxygens (including phenoxy) is 1. The lowest BCUT2D eigenvalue weighted by Gasteiger charge is -2.10. The van der Waals surface area contributed by atoms with Gasteiger partial charge < -0.3 is 15.4 Å². The number of carbonyl (C=O) groups excluding carboxylic acids is 2. The topological polar surface area (TPSA) is 67.4 Å². The predicted octanol–water partition coefficient (Wildman–Crippen LogP) is 5.04. The molecular weight excluding hydrogens is 388 g/mol. The van der Waals surface area contributed by atoms with Crippen LogP contribution in [0.3, 0.4) is 0 Å². The van der Waals surface area contributed by atoms with E-state index in [0.29, 0.717) is 17.1 Å². The van der Waals surface area contributed by atoms with Crippen molar-refractivity contribution in [2.45, 2.75) is 6.42 Å². The normalized spacial score (nSPS) is 10.5.